The predicted molar refractivity (Wildman–Crippen MR) is 106 cm³/mol. The van der Waals surface area contributed by atoms with E-state index in [9.17, 15) is 4.79 Å². The Morgan fingerprint density at radius 2 is 2.07 bits per heavy atom. The number of aromatic amines is 1. The van der Waals surface area contributed by atoms with Gasteiger partial charge in [-0.25, -0.2) is 4.98 Å². The molecule has 1 N–H and O–H groups in total. The van der Waals surface area contributed by atoms with Gasteiger partial charge in [0.1, 0.15) is 17.3 Å². The Labute approximate surface area is 159 Å². The number of benzene rings is 1. The van der Waals surface area contributed by atoms with E-state index >= 15 is 0 Å². The van der Waals surface area contributed by atoms with E-state index in [4.69, 9.17) is 4.42 Å². The molecule has 1 aliphatic rings. The minimum absolute atomic E-state index is 0.0619. The molecule has 0 aliphatic carbocycles. The predicted octanol–water partition coefficient (Wildman–Crippen LogP) is 4.03. The van der Waals surface area contributed by atoms with E-state index in [-0.39, 0.29) is 5.56 Å². The molecule has 0 radical (unpaired) electrons. The molecule has 3 aromatic rings. The molecule has 1 saturated heterocycles. The van der Waals surface area contributed by atoms with Gasteiger partial charge in [0, 0.05) is 30.6 Å². The summed E-state index contributed by atoms with van der Waals surface area (Å²) in [6.45, 7) is 6.66. The van der Waals surface area contributed by atoms with Crippen molar-refractivity contribution in [2.75, 3.05) is 13.1 Å². The largest absolute Gasteiger partial charge is 0.461 e. The van der Waals surface area contributed by atoms with Gasteiger partial charge < -0.3 is 9.40 Å². The van der Waals surface area contributed by atoms with Crippen LogP contribution in [-0.4, -0.2) is 28.0 Å². The average Bonchev–Trinajstić information content (AvgIpc) is 3.08. The van der Waals surface area contributed by atoms with Crippen LogP contribution in [0.2, 0.25) is 0 Å². The standard InChI is InChI=1S/C22H25N3O2/c1-15-9-10-21(27-15)19-8-4-3-6-17(19)13-25-11-5-7-18(14-25)20-12-22(26)24-16(2)23-20/h3-4,6,8-10,12,18H,5,7,11,13-14H2,1-2H3,(H,23,24,26)/t18-/m1/s1. The van der Waals surface area contributed by atoms with Gasteiger partial charge in [-0.3, -0.25) is 9.69 Å². The van der Waals surface area contributed by atoms with E-state index in [0.717, 1.165) is 55.3 Å². The number of aromatic nitrogens is 2. The second-order valence-electron chi connectivity index (χ2n) is 7.40. The fraction of sp³-hybridized carbons (Fsp3) is 0.364. The zero-order chi connectivity index (χ0) is 18.8. The van der Waals surface area contributed by atoms with Crippen molar-refractivity contribution < 1.29 is 4.42 Å². The molecule has 0 unspecified atom stereocenters. The van der Waals surface area contributed by atoms with Crippen molar-refractivity contribution in [2.45, 2.75) is 39.2 Å². The summed E-state index contributed by atoms with van der Waals surface area (Å²) >= 11 is 0. The van der Waals surface area contributed by atoms with E-state index < -0.39 is 0 Å². The lowest BCUT2D eigenvalue weighted by molar-refractivity contribution is 0.198. The Morgan fingerprint density at radius 3 is 2.85 bits per heavy atom. The van der Waals surface area contributed by atoms with Crippen molar-refractivity contribution in [3.05, 3.63) is 75.7 Å². The summed E-state index contributed by atoms with van der Waals surface area (Å²) in [6, 6.07) is 14.1. The van der Waals surface area contributed by atoms with Crippen LogP contribution in [0.3, 0.4) is 0 Å². The van der Waals surface area contributed by atoms with Gasteiger partial charge >= 0.3 is 0 Å². The van der Waals surface area contributed by atoms with E-state index in [1.807, 2.05) is 26.0 Å². The monoisotopic (exact) mass is 363 g/mol. The molecule has 0 bridgehead atoms. The van der Waals surface area contributed by atoms with Crippen molar-refractivity contribution in [1.29, 1.82) is 0 Å². The number of rotatable bonds is 4. The Bertz CT molecular complexity index is 989. The maximum Gasteiger partial charge on any atom is 0.251 e. The zero-order valence-corrected chi connectivity index (χ0v) is 15.9. The van der Waals surface area contributed by atoms with Crippen LogP contribution in [0, 0.1) is 13.8 Å². The zero-order valence-electron chi connectivity index (χ0n) is 15.9. The average molecular weight is 363 g/mol. The fourth-order valence-electron chi connectivity index (χ4n) is 3.97. The first-order chi connectivity index (χ1) is 13.1. The maximum absolute atomic E-state index is 11.8. The Morgan fingerprint density at radius 1 is 1.22 bits per heavy atom. The van der Waals surface area contributed by atoms with Gasteiger partial charge in [0.05, 0.1) is 5.69 Å². The fourth-order valence-corrected chi connectivity index (χ4v) is 3.97. The molecule has 1 aliphatic heterocycles. The van der Waals surface area contributed by atoms with Crippen LogP contribution in [0.25, 0.3) is 11.3 Å². The molecule has 4 rings (SSSR count). The molecule has 1 fully saturated rings. The number of hydrogen-bond acceptors (Lipinski definition) is 4. The Balaban J connectivity index is 1.54. The lowest BCUT2D eigenvalue weighted by atomic mass is 9.93. The normalized spacial score (nSPS) is 17.9. The highest BCUT2D eigenvalue weighted by Crippen LogP contribution is 2.30. The summed E-state index contributed by atoms with van der Waals surface area (Å²) in [5.74, 6) is 2.84. The molecule has 140 valence electrons. The lowest BCUT2D eigenvalue weighted by Gasteiger charge is -2.32. The first kappa shape index (κ1) is 17.7. The van der Waals surface area contributed by atoms with E-state index in [1.165, 1.54) is 5.56 Å². The minimum atomic E-state index is -0.0619. The summed E-state index contributed by atoms with van der Waals surface area (Å²) in [7, 11) is 0. The molecular weight excluding hydrogens is 338 g/mol. The highest BCUT2D eigenvalue weighted by molar-refractivity contribution is 5.62. The Hall–Kier alpha value is -2.66. The molecule has 1 aromatic carbocycles. The van der Waals surface area contributed by atoms with Gasteiger partial charge in [-0.1, -0.05) is 24.3 Å². The van der Waals surface area contributed by atoms with Crippen molar-refractivity contribution in [3.8, 4) is 11.3 Å². The number of hydrogen-bond donors (Lipinski definition) is 1. The van der Waals surface area contributed by atoms with E-state index in [2.05, 4.69) is 39.1 Å². The second kappa shape index (κ2) is 7.53. The molecule has 0 amide bonds. The maximum atomic E-state index is 11.8. The molecule has 0 spiro atoms. The van der Waals surface area contributed by atoms with E-state index in [1.54, 1.807) is 6.07 Å². The molecule has 27 heavy (non-hydrogen) atoms. The first-order valence-electron chi connectivity index (χ1n) is 9.53. The van der Waals surface area contributed by atoms with Gasteiger partial charge in [0.25, 0.3) is 5.56 Å². The van der Waals surface area contributed by atoms with Crippen molar-refractivity contribution >= 4 is 0 Å². The lowest BCUT2D eigenvalue weighted by Crippen LogP contribution is -2.34. The van der Waals surface area contributed by atoms with Gasteiger partial charge in [0.2, 0.25) is 0 Å². The van der Waals surface area contributed by atoms with Gasteiger partial charge in [-0.05, 0) is 50.9 Å². The number of nitrogens with zero attached hydrogens (tertiary/aromatic N) is 2. The van der Waals surface area contributed by atoms with Gasteiger partial charge in [0.15, 0.2) is 0 Å². The quantitative estimate of drug-likeness (QED) is 0.760. The highest BCUT2D eigenvalue weighted by atomic mass is 16.3. The van der Waals surface area contributed by atoms with Crippen LogP contribution in [-0.2, 0) is 6.54 Å². The van der Waals surface area contributed by atoms with Crippen LogP contribution < -0.4 is 5.56 Å². The number of aryl methyl sites for hydroxylation is 2. The summed E-state index contributed by atoms with van der Waals surface area (Å²) in [5.41, 5.74) is 3.27. The van der Waals surface area contributed by atoms with Crippen molar-refractivity contribution in [1.82, 2.24) is 14.9 Å². The van der Waals surface area contributed by atoms with Gasteiger partial charge in [-0.2, -0.15) is 0 Å². The highest BCUT2D eigenvalue weighted by Gasteiger charge is 2.24. The third kappa shape index (κ3) is 4.03. The van der Waals surface area contributed by atoms with E-state index in [0.29, 0.717) is 11.7 Å². The third-order valence-electron chi connectivity index (χ3n) is 5.22. The summed E-state index contributed by atoms with van der Waals surface area (Å²) in [4.78, 5) is 21.6. The Kier molecular flexibility index (Phi) is 4.94. The molecule has 5 heteroatoms. The van der Waals surface area contributed by atoms with Crippen molar-refractivity contribution in [3.63, 3.8) is 0 Å². The number of furan rings is 1. The van der Waals surface area contributed by atoms with Crippen molar-refractivity contribution in [2.24, 2.45) is 0 Å². The number of nitrogens with one attached hydrogen (secondary N) is 1. The summed E-state index contributed by atoms with van der Waals surface area (Å²) in [6.07, 6.45) is 2.19. The second-order valence-corrected chi connectivity index (χ2v) is 7.40. The topological polar surface area (TPSA) is 62.1 Å². The molecule has 3 heterocycles. The number of likely N-dealkylation sites (tertiary alicyclic amines) is 1. The minimum Gasteiger partial charge on any atom is -0.461 e. The summed E-state index contributed by atoms with van der Waals surface area (Å²) < 4.78 is 5.85. The van der Waals surface area contributed by atoms with Crippen LogP contribution in [0.5, 0.6) is 0 Å². The van der Waals surface area contributed by atoms with Crippen LogP contribution in [0.4, 0.5) is 0 Å². The number of H-pyrrole nitrogens is 1. The third-order valence-corrected chi connectivity index (χ3v) is 5.22. The summed E-state index contributed by atoms with van der Waals surface area (Å²) in [5, 5.41) is 0. The van der Waals surface area contributed by atoms with Gasteiger partial charge in [-0.15, -0.1) is 0 Å². The molecule has 0 saturated carbocycles. The molecular formula is C22H25N3O2. The SMILES string of the molecule is Cc1nc([C@@H]2CCCN(Cc3ccccc3-c3ccc(C)o3)C2)cc(=O)[nH]1. The molecule has 2 aromatic heterocycles. The smallest absolute Gasteiger partial charge is 0.251 e. The molecule has 1 atom stereocenters. The van der Waals surface area contributed by atoms with Crippen LogP contribution in [0.1, 0.15) is 41.6 Å². The molecule has 5 nitrogen and oxygen atoms in total. The first-order valence-corrected chi connectivity index (χ1v) is 9.53. The number of piperidine rings is 1. The van der Waals surface area contributed by atoms with Crippen LogP contribution >= 0.6 is 0 Å². The van der Waals surface area contributed by atoms with Crippen LogP contribution in [0.15, 0.2) is 51.7 Å².